The van der Waals surface area contributed by atoms with Crippen molar-refractivity contribution in [2.24, 2.45) is 0 Å². The van der Waals surface area contributed by atoms with Crippen LogP contribution in [0.15, 0.2) is 24.3 Å². The molecule has 0 atom stereocenters. The maximum atomic E-state index is 12.7. The van der Waals surface area contributed by atoms with Crippen LogP contribution in [0.1, 0.15) is 32.8 Å². The molecule has 0 aromatic heterocycles. The third-order valence-electron chi connectivity index (χ3n) is 2.55. The lowest BCUT2D eigenvalue weighted by Crippen LogP contribution is -2.41. The van der Waals surface area contributed by atoms with Crippen molar-refractivity contribution in [3.8, 4) is 0 Å². The molecular weight excluding hydrogens is 243 g/mol. The first kappa shape index (κ1) is 15.6. The molecule has 0 radical (unpaired) electrons. The van der Waals surface area contributed by atoms with E-state index in [-0.39, 0.29) is 17.3 Å². The first-order valence-electron chi connectivity index (χ1n) is 6.63. The van der Waals surface area contributed by atoms with E-state index in [1.165, 1.54) is 12.1 Å². The van der Waals surface area contributed by atoms with E-state index in [0.717, 1.165) is 18.5 Å². The third kappa shape index (κ3) is 7.57. The average molecular weight is 266 g/mol. The number of rotatable bonds is 6. The van der Waals surface area contributed by atoms with Crippen LogP contribution in [0.4, 0.5) is 4.39 Å². The Bertz CT molecular complexity index is 396. The van der Waals surface area contributed by atoms with Crippen molar-refractivity contribution in [2.75, 3.05) is 13.1 Å². The minimum atomic E-state index is -0.212. The number of hydrogen-bond donors (Lipinski definition) is 2. The number of benzene rings is 1. The first-order valence-corrected chi connectivity index (χ1v) is 6.63. The van der Waals surface area contributed by atoms with Gasteiger partial charge in [-0.2, -0.15) is 0 Å². The summed E-state index contributed by atoms with van der Waals surface area (Å²) in [7, 11) is 0. The molecule has 0 aliphatic rings. The molecule has 0 saturated heterocycles. The first-order chi connectivity index (χ1) is 8.87. The fourth-order valence-corrected chi connectivity index (χ4v) is 1.69. The predicted molar refractivity (Wildman–Crippen MR) is 75.5 cm³/mol. The summed E-state index contributed by atoms with van der Waals surface area (Å²) in [5.74, 6) is -0.155. The second-order valence-corrected chi connectivity index (χ2v) is 5.67. The maximum absolute atomic E-state index is 12.7. The van der Waals surface area contributed by atoms with Gasteiger partial charge < -0.3 is 10.6 Å². The highest BCUT2D eigenvalue weighted by atomic mass is 19.1. The van der Waals surface area contributed by atoms with Gasteiger partial charge in [-0.25, -0.2) is 4.39 Å². The Hall–Kier alpha value is -1.42. The molecule has 1 aromatic rings. The highest BCUT2D eigenvalue weighted by Crippen LogP contribution is 2.02. The molecule has 0 aliphatic carbocycles. The number of halogens is 1. The van der Waals surface area contributed by atoms with Crippen molar-refractivity contribution >= 4 is 5.91 Å². The minimum absolute atomic E-state index is 0.0572. The second kappa shape index (κ2) is 7.24. The third-order valence-corrected chi connectivity index (χ3v) is 2.55. The van der Waals surface area contributed by atoms with Gasteiger partial charge in [-0.1, -0.05) is 12.1 Å². The quantitative estimate of drug-likeness (QED) is 0.775. The van der Waals surface area contributed by atoms with Gasteiger partial charge in [0.2, 0.25) is 5.91 Å². The number of carbonyl (C=O) groups excluding carboxylic acids is 1. The fourth-order valence-electron chi connectivity index (χ4n) is 1.69. The van der Waals surface area contributed by atoms with Gasteiger partial charge in [0.05, 0.1) is 0 Å². The molecule has 106 valence electrons. The normalized spacial score (nSPS) is 11.4. The van der Waals surface area contributed by atoms with Crippen LogP contribution in [0, 0.1) is 5.82 Å². The summed E-state index contributed by atoms with van der Waals surface area (Å²) in [5, 5.41) is 6.12. The van der Waals surface area contributed by atoms with Crippen LogP contribution in [-0.4, -0.2) is 24.5 Å². The van der Waals surface area contributed by atoms with E-state index in [0.29, 0.717) is 13.0 Å². The van der Waals surface area contributed by atoms with Crippen LogP contribution in [0.25, 0.3) is 0 Å². The maximum Gasteiger partial charge on any atom is 0.221 e. The molecule has 0 bridgehead atoms. The fraction of sp³-hybridized carbons (Fsp3) is 0.533. The number of nitrogens with one attached hydrogen (secondary N) is 2. The molecule has 0 heterocycles. The standard InChI is InChI=1S/C15H23FN2O/c1-15(2,3)18-14(19)9-11-17-10-8-12-4-6-13(16)7-5-12/h4-7,17H,8-11H2,1-3H3,(H,18,19). The van der Waals surface area contributed by atoms with E-state index in [9.17, 15) is 9.18 Å². The van der Waals surface area contributed by atoms with Gasteiger partial charge in [-0.05, 0) is 51.4 Å². The Morgan fingerprint density at radius 1 is 1.16 bits per heavy atom. The molecule has 0 unspecified atom stereocenters. The van der Waals surface area contributed by atoms with Gasteiger partial charge >= 0.3 is 0 Å². The molecule has 0 aliphatic heterocycles. The zero-order valence-electron chi connectivity index (χ0n) is 11.9. The lowest BCUT2D eigenvalue weighted by Gasteiger charge is -2.20. The lowest BCUT2D eigenvalue weighted by molar-refractivity contribution is -0.122. The van der Waals surface area contributed by atoms with Crippen LogP contribution in [0.3, 0.4) is 0 Å². The van der Waals surface area contributed by atoms with E-state index < -0.39 is 0 Å². The summed E-state index contributed by atoms with van der Waals surface area (Å²) in [4.78, 5) is 11.5. The molecule has 1 rings (SSSR count). The SMILES string of the molecule is CC(C)(C)NC(=O)CCNCCc1ccc(F)cc1. The molecule has 0 spiro atoms. The molecule has 4 heteroatoms. The average Bonchev–Trinajstić information content (AvgIpc) is 2.29. The minimum Gasteiger partial charge on any atom is -0.351 e. The Balaban J connectivity index is 2.11. The largest absolute Gasteiger partial charge is 0.351 e. The van der Waals surface area contributed by atoms with Gasteiger partial charge in [-0.3, -0.25) is 4.79 Å². The van der Waals surface area contributed by atoms with E-state index in [4.69, 9.17) is 0 Å². The predicted octanol–water partition coefficient (Wildman–Crippen LogP) is 2.26. The topological polar surface area (TPSA) is 41.1 Å². The zero-order valence-corrected chi connectivity index (χ0v) is 11.9. The molecule has 1 amide bonds. The van der Waals surface area contributed by atoms with Crippen molar-refractivity contribution in [3.63, 3.8) is 0 Å². The van der Waals surface area contributed by atoms with Crippen molar-refractivity contribution in [1.29, 1.82) is 0 Å². The van der Waals surface area contributed by atoms with E-state index >= 15 is 0 Å². The van der Waals surface area contributed by atoms with Gasteiger partial charge in [0.15, 0.2) is 0 Å². The summed E-state index contributed by atoms with van der Waals surface area (Å²) >= 11 is 0. The van der Waals surface area contributed by atoms with Crippen LogP contribution in [0.2, 0.25) is 0 Å². The smallest absolute Gasteiger partial charge is 0.221 e. The van der Waals surface area contributed by atoms with Gasteiger partial charge in [0.25, 0.3) is 0 Å². The number of amides is 1. The Labute approximate surface area is 114 Å². The summed E-state index contributed by atoms with van der Waals surface area (Å²) < 4.78 is 12.7. The Morgan fingerprint density at radius 3 is 2.37 bits per heavy atom. The van der Waals surface area contributed by atoms with Gasteiger partial charge in [0, 0.05) is 18.5 Å². The summed E-state index contributed by atoms with van der Waals surface area (Å²) in [6.07, 6.45) is 1.31. The summed E-state index contributed by atoms with van der Waals surface area (Å²) in [6, 6.07) is 6.49. The van der Waals surface area contributed by atoms with Crippen molar-refractivity contribution in [2.45, 2.75) is 39.2 Å². The molecule has 2 N–H and O–H groups in total. The monoisotopic (exact) mass is 266 g/mol. The van der Waals surface area contributed by atoms with Gasteiger partial charge in [-0.15, -0.1) is 0 Å². The van der Waals surface area contributed by atoms with Crippen molar-refractivity contribution in [1.82, 2.24) is 10.6 Å². The summed E-state index contributed by atoms with van der Waals surface area (Å²) in [5.41, 5.74) is 0.915. The van der Waals surface area contributed by atoms with Crippen molar-refractivity contribution < 1.29 is 9.18 Å². The van der Waals surface area contributed by atoms with E-state index in [2.05, 4.69) is 10.6 Å². The van der Waals surface area contributed by atoms with Crippen LogP contribution in [-0.2, 0) is 11.2 Å². The molecule has 1 aromatic carbocycles. The zero-order chi connectivity index (χ0) is 14.3. The van der Waals surface area contributed by atoms with Gasteiger partial charge in [0.1, 0.15) is 5.82 Å². The second-order valence-electron chi connectivity index (χ2n) is 5.67. The van der Waals surface area contributed by atoms with Crippen LogP contribution < -0.4 is 10.6 Å². The lowest BCUT2D eigenvalue weighted by atomic mass is 10.1. The highest BCUT2D eigenvalue weighted by Gasteiger charge is 2.12. The highest BCUT2D eigenvalue weighted by molar-refractivity contribution is 5.76. The molecule has 0 fully saturated rings. The van der Waals surface area contributed by atoms with Crippen LogP contribution in [0.5, 0.6) is 0 Å². The molecule has 19 heavy (non-hydrogen) atoms. The Kier molecular flexibility index (Phi) is 5.96. The number of carbonyl (C=O) groups is 1. The Morgan fingerprint density at radius 2 is 1.79 bits per heavy atom. The van der Waals surface area contributed by atoms with Crippen molar-refractivity contribution in [3.05, 3.63) is 35.6 Å². The molecular formula is C15H23FN2O. The number of hydrogen-bond acceptors (Lipinski definition) is 2. The summed E-state index contributed by atoms with van der Waals surface area (Å²) in [6.45, 7) is 7.34. The van der Waals surface area contributed by atoms with Crippen LogP contribution >= 0.6 is 0 Å². The molecule has 3 nitrogen and oxygen atoms in total. The molecule has 0 saturated carbocycles. The van der Waals surface area contributed by atoms with E-state index in [1.54, 1.807) is 12.1 Å². The van der Waals surface area contributed by atoms with E-state index in [1.807, 2.05) is 20.8 Å².